The van der Waals surface area contributed by atoms with Crippen molar-refractivity contribution in [1.29, 1.82) is 0 Å². The number of rotatable bonds is 8. The monoisotopic (exact) mass is 454 g/mol. The normalized spacial score (nSPS) is 11.7. The van der Waals surface area contributed by atoms with Gasteiger partial charge in [0, 0.05) is 11.7 Å². The molecule has 0 aliphatic carbocycles. The van der Waals surface area contributed by atoms with Crippen molar-refractivity contribution in [2.24, 2.45) is 0 Å². The average Bonchev–Trinajstić information content (AvgIpc) is 3.39. The van der Waals surface area contributed by atoms with Gasteiger partial charge in [0.05, 0.1) is 23.5 Å². The van der Waals surface area contributed by atoms with E-state index < -0.39 is 0 Å². The molecule has 1 heterocycles. The average molecular weight is 455 g/mol. The van der Waals surface area contributed by atoms with E-state index in [9.17, 15) is 9.59 Å². The SMILES string of the molecule is CC(c1ccc(-n2cncn2)cc1)N(C)CC(=O)Nc1ccccc1C(=O)Nc1ccccc1. The van der Waals surface area contributed by atoms with Crippen molar-refractivity contribution in [1.82, 2.24) is 19.7 Å². The van der Waals surface area contributed by atoms with Gasteiger partial charge in [-0.05, 0) is 55.9 Å². The summed E-state index contributed by atoms with van der Waals surface area (Å²) in [5.74, 6) is -0.482. The highest BCUT2D eigenvalue weighted by atomic mass is 16.2. The molecule has 0 saturated carbocycles. The van der Waals surface area contributed by atoms with Crippen LogP contribution in [0.4, 0.5) is 11.4 Å². The van der Waals surface area contributed by atoms with E-state index in [1.54, 1.807) is 35.3 Å². The zero-order valence-corrected chi connectivity index (χ0v) is 19.1. The number of hydrogen-bond donors (Lipinski definition) is 2. The summed E-state index contributed by atoms with van der Waals surface area (Å²) in [6, 6.07) is 24.2. The van der Waals surface area contributed by atoms with Gasteiger partial charge in [-0.1, -0.05) is 42.5 Å². The minimum Gasteiger partial charge on any atom is -0.324 e. The molecule has 8 heteroatoms. The zero-order valence-electron chi connectivity index (χ0n) is 19.1. The van der Waals surface area contributed by atoms with Crippen LogP contribution in [-0.2, 0) is 4.79 Å². The summed E-state index contributed by atoms with van der Waals surface area (Å²) >= 11 is 0. The summed E-state index contributed by atoms with van der Waals surface area (Å²) < 4.78 is 1.69. The minimum atomic E-state index is -0.281. The second-order valence-corrected chi connectivity index (χ2v) is 7.94. The number of anilines is 2. The summed E-state index contributed by atoms with van der Waals surface area (Å²) in [4.78, 5) is 31.5. The number of nitrogens with zero attached hydrogens (tertiary/aromatic N) is 4. The van der Waals surface area contributed by atoms with E-state index >= 15 is 0 Å². The summed E-state index contributed by atoms with van der Waals surface area (Å²) in [7, 11) is 1.89. The van der Waals surface area contributed by atoms with Crippen molar-refractivity contribution in [3.8, 4) is 5.69 Å². The van der Waals surface area contributed by atoms with E-state index in [4.69, 9.17) is 0 Å². The van der Waals surface area contributed by atoms with E-state index in [2.05, 4.69) is 20.7 Å². The number of para-hydroxylation sites is 2. The number of hydrogen-bond acceptors (Lipinski definition) is 5. The first-order valence-electron chi connectivity index (χ1n) is 10.9. The zero-order chi connectivity index (χ0) is 23.9. The van der Waals surface area contributed by atoms with Crippen LogP contribution in [0.2, 0.25) is 0 Å². The van der Waals surface area contributed by atoms with Gasteiger partial charge in [0.25, 0.3) is 5.91 Å². The molecule has 1 atom stereocenters. The Morgan fingerprint density at radius 1 is 0.941 bits per heavy atom. The molecule has 2 amide bonds. The van der Waals surface area contributed by atoms with Crippen LogP contribution < -0.4 is 10.6 Å². The van der Waals surface area contributed by atoms with E-state index in [1.165, 1.54) is 6.33 Å². The molecule has 1 aromatic heterocycles. The van der Waals surface area contributed by atoms with Crippen LogP contribution in [0.15, 0.2) is 91.5 Å². The molecule has 3 aromatic carbocycles. The summed E-state index contributed by atoms with van der Waals surface area (Å²) in [6.45, 7) is 2.21. The molecule has 4 rings (SSSR count). The van der Waals surface area contributed by atoms with Crippen molar-refractivity contribution in [2.45, 2.75) is 13.0 Å². The molecule has 0 spiro atoms. The van der Waals surface area contributed by atoms with Gasteiger partial charge in [0.1, 0.15) is 12.7 Å². The lowest BCUT2D eigenvalue weighted by atomic mass is 10.1. The number of carbonyl (C=O) groups is 2. The van der Waals surface area contributed by atoms with Crippen LogP contribution in [0.5, 0.6) is 0 Å². The van der Waals surface area contributed by atoms with E-state index in [-0.39, 0.29) is 24.4 Å². The second-order valence-electron chi connectivity index (χ2n) is 7.94. The number of benzene rings is 3. The van der Waals surface area contributed by atoms with Crippen LogP contribution in [0, 0.1) is 0 Å². The lowest BCUT2D eigenvalue weighted by Gasteiger charge is -2.25. The Morgan fingerprint density at radius 2 is 1.65 bits per heavy atom. The quantitative estimate of drug-likeness (QED) is 0.417. The Balaban J connectivity index is 1.38. The maximum absolute atomic E-state index is 12.8. The number of nitrogens with one attached hydrogen (secondary N) is 2. The van der Waals surface area contributed by atoms with Crippen molar-refractivity contribution in [3.63, 3.8) is 0 Å². The lowest BCUT2D eigenvalue weighted by molar-refractivity contribution is -0.117. The summed E-state index contributed by atoms with van der Waals surface area (Å²) in [5, 5.41) is 9.87. The molecule has 8 nitrogen and oxygen atoms in total. The number of aromatic nitrogens is 3. The van der Waals surface area contributed by atoms with Crippen molar-refractivity contribution in [3.05, 3.63) is 103 Å². The van der Waals surface area contributed by atoms with Gasteiger partial charge in [-0.15, -0.1) is 0 Å². The first-order valence-corrected chi connectivity index (χ1v) is 10.9. The fourth-order valence-corrected chi connectivity index (χ4v) is 3.56. The van der Waals surface area contributed by atoms with E-state index in [0.717, 1.165) is 11.3 Å². The van der Waals surface area contributed by atoms with E-state index in [1.807, 2.05) is 73.5 Å². The highest BCUT2D eigenvalue weighted by Crippen LogP contribution is 2.21. The van der Waals surface area contributed by atoms with Gasteiger partial charge in [-0.3, -0.25) is 14.5 Å². The highest BCUT2D eigenvalue weighted by Gasteiger charge is 2.18. The molecule has 0 aliphatic heterocycles. The first-order chi connectivity index (χ1) is 16.5. The van der Waals surface area contributed by atoms with Crippen LogP contribution >= 0.6 is 0 Å². The Bertz CT molecular complexity index is 1240. The molecule has 0 fully saturated rings. The fourth-order valence-electron chi connectivity index (χ4n) is 3.56. The van der Waals surface area contributed by atoms with Crippen molar-refractivity contribution >= 4 is 23.2 Å². The predicted molar refractivity (Wildman–Crippen MR) is 132 cm³/mol. The summed E-state index contributed by atoms with van der Waals surface area (Å²) in [6.07, 6.45) is 3.14. The third kappa shape index (κ3) is 5.54. The standard InChI is InChI=1S/C26H26N6O2/c1-19(20-12-14-22(15-13-20)32-18-27-17-28-32)31(2)16-25(33)30-24-11-7-6-10-23(24)26(34)29-21-8-4-3-5-9-21/h3-15,17-19H,16H2,1-2H3,(H,29,34)(H,30,33). The molecule has 0 saturated heterocycles. The number of carbonyl (C=O) groups excluding carboxylic acids is 2. The van der Waals surface area contributed by atoms with Gasteiger partial charge in [-0.25, -0.2) is 9.67 Å². The van der Waals surface area contributed by atoms with Crippen molar-refractivity contribution < 1.29 is 9.59 Å². The van der Waals surface area contributed by atoms with Crippen LogP contribution in [-0.4, -0.2) is 45.1 Å². The molecule has 2 N–H and O–H groups in total. The smallest absolute Gasteiger partial charge is 0.257 e. The van der Waals surface area contributed by atoms with Gasteiger partial charge < -0.3 is 10.6 Å². The largest absolute Gasteiger partial charge is 0.324 e. The maximum atomic E-state index is 12.8. The number of amides is 2. The first kappa shape index (κ1) is 22.9. The van der Waals surface area contributed by atoms with Gasteiger partial charge in [-0.2, -0.15) is 5.10 Å². The highest BCUT2D eigenvalue weighted by molar-refractivity contribution is 6.10. The third-order valence-corrected chi connectivity index (χ3v) is 5.59. The molecular formula is C26H26N6O2. The fraction of sp³-hybridized carbons (Fsp3) is 0.154. The molecule has 0 bridgehead atoms. The lowest BCUT2D eigenvalue weighted by Crippen LogP contribution is -2.32. The maximum Gasteiger partial charge on any atom is 0.257 e. The van der Waals surface area contributed by atoms with Gasteiger partial charge in [0.15, 0.2) is 0 Å². The van der Waals surface area contributed by atoms with Crippen LogP contribution in [0.3, 0.4) is 0 Å². The molecule has 0 radical (unpaired) electrons. The van der Waals surface area contributed by atoms with Gasteiger partial charge in [0.2, 0.25) is 5.91 Å². The molecule has 0 aliphatic rings. The Kier molecular flexibility index (Phi) is 7.10. The van der Waals surface area contributed by atoms with E-state index in [0.29, 0.717) is 16.9 Å². The Labute approximate surface area is 198 Å². The Hall–Kier alpha value is -4.30. The molecular weight excluding hydrogens is 428 g/mol. The summed E-state index contributed by atoms with van der Waals surface area (Å²) in [5.41, 5.74) is 3.55. The molecule has 1 unspecified atom stereocenters. The topological polar surface area (TPSA) is 92.2 Å². The van der Waals surface area contributed by atoms with Gasteiger partial charge >= 0.3 is 0 Å². The molecule has 4 aromatic rings. The van der Waals surface area contributed by atoms with Crippen molar-refractivity contribution in [2.75, 3.05) is 24.2 Å². The minimum absolute atomic E-state index is 0.00664. The third-order valence-electron chi connectivity index (χ3n) is 5.59. The molecule has 172 valence electrons. The predicted octanol–water partition coefficient (Wildman–Crippen LogP) is 4.15. The molecule has 34 heavy (non-hydrogen) atoms. The van der Waals surface area contributed by atoms with Crippen LogP contribution in [0.25, 0.3) is 5.69 Å². The second kappa shape index (κ2) is 10.5. The number of likely N-dealkylation sites (N-methyl/N-ethyl adjacent to an activating group) is 1. The van der Waals surface area contributed by atoms with Crippen LogP contribution in [0.1, 0.15) is 28.9 Å². The Morgan fingerprint density at radius 3 is 2.35 bits per heavy atom.